The lowest BCUT2D eigenvalue weighted by Gasteiger charge is -2.15. The molecule has 0 aliphatic carbocycles. The van der Waals surface area contributed by atoms with Crippen molar-refractivity contribution in [3.63, 3.8) is 0 Å². The van der Waals surface area contributed by atoms with Crippen LogP contribution in [0.3, 0.4) is 0 Å². The Morgan fingerprint density at radius 1 is 1.00 bits per heavy atom. The third-order valence-electron chi connectivity index (χ3n) is 3.55. The van der Waals surface area contributed by atoms with Crippen LogP contribution >= 0.6 is 0 Å². The number of carbonyl (C=O) groups excluding carboxylic acids is 3. The minimum atomic E-state index is -1.00. The van der Waals surface area contributed by atoms with Gasteiger partial charge in [-0.25, -0.2) is 9.18 Å². The first-order valence-corrected chi connectivity index (χ1v) is 7.57. The Morgan fingerprint density at radius 2 is 1.62 bits per heavy atom. The van der Waals surface area contributed by atoms with E-state index in [2.05, 4.69) is 0 Å². The van der Waals surface area contributed by atoms with Crippen molar-refractivity contribution in [1.29, 1.82) is 0 Å². The third kappa shape index (κ3) is 4.35. The zero-order chi connectivity index (χ0) is 17.5. The summed E-state index contributed by atoms with van der Waals surface area (Å²) in [5.74, 6) is -3.55. The van der Waals surface area contributed by atoms with Crippen molar-refractivity contribution in [2.75, 3.05) is 6.61 Å². The van der Waals surface area contributed by atoms with E-state index in [1.54, 1.807) is 37.3 Å². The van der Waals surface area contributed by atoms with Gasteiger partial charge in [-0.3, -0.25) is 9.59 Å². The minimum absolute atomic E-state index is 0.0628. The Bertz CT molecular complexity index is 723. The third-order valence-corrected chi connectivity index (χ3v) is 3.55. The standard InChI is InChI=1S/C19H17FO4/c1-2-24-19(23)18(22)16(13-8-10-15(20)11-9-13)12-17(21)14-6-4-3-5-7-14/h3-11,16H,2,12H2,1H3. The lowest BCUT2D eigenvalue weighted by Crippen LogP contribution is -2.26. The first kappa shape index (κ1) is 17.5. The molecular formula is C19H17FO4. The Labute approximate surface area is 139 Å². The maximum absolute atomic E-state index is 13.1. The van der Waals surface area contributed by atoms with Gasteiger partial charge in [0.2, 0.25) is 5.78 Å². The van der Waals surface area contributed by atoms with E-state index in [9.17, 15) is 18.8 Å². The average molecular weight is 328 g/mol. The second-order valence-corrected chi connectivity index (χ2v) is 5.18. The molecule has 0 saturated heterocycles. The molecule has 0 spiro atoms. The normalized spacial score (nSPS) is 11.6. The van der Waals surface area contributed by atoms with E-state index >= 15 is 0 Å². The fraction of sp³-hybridized carbons (Fsp3) is 0.211. The number of Topliss-reactive ketones (excluding diaryl/α,β-unsaturated/α-hetero) is 2. The summed E-state index contributed by atoms with van der Waals surface area (Å²) in [4.78, 5) is 36.6. The first-order valence-electron chi connectivity index (χ1n) is 7.57. The molecule has 2 aromatic rings. The van der Waals surface area contributed by atoms with Gasteiger partial charge in [0.15, 0.2) is 5.78 Å². The van der Waals surface area contributed by atoms with E-state index in [4.69, 9.17) is 4.74 Å². The number of esters is 1. The highest BCUT2D eigenvalue weighted by molar-refractivity contribution is 6.36. The average Bonchev–Trinajstić information content (AvgIpc) is 2.60. The van der Waals surface area contributed by atoms with Crippen LogP contribution in [0.1, 0.15) is 35.2 Å². The van der Waals surface area contributed by atoms with Gasteiger partial charge in [0.25, 0.3) is 0 Å². The van der Waals surface area contributed by atoms with Crippen LogP contribution < -0.4 is 0 Å². The summed E-state index contributed by atoms with van der Waals surface area (Å²) in [6.07, 6.45) is -0.187. The van der Waals surface area contributed by atoms with E-state index in [1.807, 2.05) is 0 Å². The van der Waals surface area contributed by atoms with Crippen molar-refractivity contribution >= 4 is 17.5 Å². The SMILES string of the molecule is CCOC(=O)C(=O)C(CC(=O)c1ccccc1)c1ccc(F)cc1. The van der Waals surface area contributed by atoms with Crippen LogP contribution in [0, 0.1) is 5.82 Å². The predicted molar refractivity (Wildman–Crippen MR) is 86.2 cm³/mol. The molecule has 0 aliphatic rings. The van der Waals surface area contributed by atoms with Gasteiger partial charge < -0.3 is 4.74 Å². The molecule has 0 N–H and O–H groups in total. The predicted octanol–water partition coefficient (Wildman–Crippen LogP) is 3.31. The topological polar surface area (TPSA) is 60.4 Å². The molecular weight excluding hydrogens is 311 g/mol. The monoisotopic (exact) mass is 328 g/mol. The van der Waals surface area contributed by atoms with Crippen LogP contribution in [-0.4, -0.2) is 24.1 Å². The summed E-state index contributed by atoms with van der Waals surface area (Å²) in [5, 5.41) is 0. The zero-order valence-corrected chi connectivity index (χ0v) is 13.2. The quantitative estimate of drug-likeness (QED) is 0.444. The minimum Gasteiger partial charge on any atom is -0.460 e. The van der Waals surface area contributed by atoms with Crippen LogP contribution in [-0.2, 0) is 14.3 Å². The van der Waals surface area contributed by atoms with Gasteiger partial charge >= 0.3 is 5.97 Å². The first-order chi connectivity index (χ1) is 11.5. The molecule has 0 aromatic heterocycles. The summed E-state index contributed by atoms with van der Waals surface area (Å²) in [5.41, 5.74) is 0.847. The number of ketones is 2. The molecule has 0 radical (unpaired) electrons. The van der Waals surface area contributed by atoms with Crippen molar-refractivity contribution in [1.82, 2.24) is 0 Å². The highest BCUT2D eigenvalue weighted by Gasteiger charge is 2.30. The molecule has 0 bridgehead atoms. The van der Waals surface area contributed by atoms with Gasteiger partial charge in [-0.2, -0.15) is 0 Å². The van der Waals surface area contributed by atoms with Gasteiger partial charge in [0.1, 0.15) is 5.82 Å². The summed E-state index contributed by atoms with van der Waals surface area (Å²) < 4.78 is 17.9. The number of hydrogen-bond donors (Lipinski definition) is 0. The summed E-state index contributed by atoms with van der Waals surface area (Å²) in [7, 11) is 0. The highest BCUT2D eigenvalue weighted by atomic mass is 19.1. The largest absolute Gasteiger partial charge is 0.460 e. The summed E-state index contributed by atoms with van der Waals surface area (Å²) in [6, 6.07) is 13.7. The van der Waals surface area contributed by atoms with Gasteiger partial charge in [-0.1, -0.05) is 42.5 Å². The van der Waals surface area contributed by atoms with E-state index in [0.717, 1.165) is 0 Å². The fourth-order valence-electron chi connectivity index (χ4n) is 2.33. The maximum Gasteiger partial charge on any atom is 0.375 e. The number of hydrogen-bond acceptors (Lipinski definition) is 4. The van der Waals surface area contributed by atoms with Crippen molar-refractivity contribution < 1.29 is 23.5 Å². The number of carbonyl (C=O) groups is 3. The van der Waals surface area contributed by atoms with Crippen LogP contribution in [0.15, 0.2) is 54.6 Å². The fourth-order valence-corrected chi connectivity index (χ4v) is 2.33. The molecule has 0 aliphatic heterocycles. The summed E-state index contributed by atoms with van der Waals surface area (Å²) >= 11 is 0. The molecule has 24 heavy (non-hydrogen) atoms. The van der Waals surface area contributed by atoms with E-state index < -0.39 is 23.5 Å². The molecule has 1 atom stereocenters. The molecule has 2 aromatic carbocycles. The second-order valence-electron chi connectivity index (χ2n) is 5.18. The van der Waals surface area contributed by atoms with E-state index in [-0.39, 0.29) is 18.8 Å². The Kier molecular flexibility index (Phi) is 5.95. The molecule has 0 saturated carbocycles. The molecule has 4 nitrogen and oxygen atoms in total. The van der Waals surface area contributed by atoms with E-state index in [0.29, 0.717) is 11.1 Å². The van der Waals surface area contributed by atoms with Gasteiger partial charge in [0, 0.05) is 12.0 Å². The Morgan fingerprint density at radius 3 is 2.21 bits per heavy atom. The number of benzene rings is 2. The van der Waals surface area contributed by atoms with Gasteiger partial charge in [-0.15, -0.1) is 0 Å². The van der Waals surface area contributed by atoms with Gasteiger partial charge in [0.05, 0.1) is 12.5 Å². The molecule has 5 heteroatoms. The molecule has 0 heterocycles. The molecule has 0 fully saturated rings. The second kappa shape index (κ2) is 8.15. The lowest BCUT2D eigenvalue weighted by molar-refractivity contribution is -0.154. The van der Waals surface area contributed by atoms with Crippen LogP contribution in [0.4, 0.5) is 4.39 Å². The molecule has 0 amide bonds. The van der Waals surface area contributed by atoms with Crippen molar-refractivity contribution in [3.05, 3.63) is 71.5 Å². The number of ether oxygens (including phenoxy) is 1. The van der Waals surface area contributed by atoms with Crippen molar-refractivity contribution in [3.8, 4) is 0 Å². The van der Waals surface area contributed by atoms with Crippen molar-refractivity contribution in [2.24, 2.45) is 0 Å². The smallest absolute Gasteiger partial charge is 0.375 e. The molecule has 1 unspecified atom stereocenters. The van der Waals surface area contributed by atoms with Gasteiger partial charge in [-0.05, 0) is 24.6 Å². The van der Waals surface area contributed by atoms with Crippen LogP contribution in [0.2, 0.25) is 0 Å². The number of rotatable bonds is 7. The molecule has 2 rings (SSSR count). The van der Waals surface area contributed by atoms with Crippen molar-refractivity contribution in [2.45, 2.75) is 19.3 Å². The van der Waals surface area contributed by atoms with Crippen LogP contribution in [0.5, 0.6) is 0 Å². The highest BCUT2D eigenvalue weighted by Crippen LogP contribution is 2.24. The Hall–Kier alpha value is -2.82. The van der Waals surface area contributed by atoms with Crippen LogP contribution in [0.25, 0.3) is 0 Å². The Balaban J connectivity index is 2.28. The zero-order valence-electron chi connectivity index (χ0n) is 13.2. The summed E-state index contributed by atoms with van der Waals surface area (Å²) in [6.45, 7) is 1.65. The maximum atomic E-state index is 13.1. The number of halogens is 1. The lowest BCUT2D eigenvalue weighted by atomic mass is 9.88. The molecule has 124 valence electrons. The van der Waals surface area contributed by atoms with E-state index in [1.165, 1.54) is 24.3 Å².